The average molecular weight is 251 g/mol. The molecule has 0 bridgehead atoms. The number of aliphatic hydroxyl groups is 1. The van der Waals surface area contributed by atoms with Gasteiger partial charge in [0.2, 0.25) is 0 Å². The van der Waals surface area contributed by atoms with Crippen LogP contribution in [0.3, 0.4) is 0 Å². The van der Waals surface area contributed by atoms with Crippen molar-refractivity contribution in [2.75, 3.05) is 13.2 Å². The number of ether oxygens (including phenoxy) is 1. The number of benzene rings is 1. The molecule has 3 nitrogen and oxygen atoms in total. The van der Waals surface area contributed by atoms with Crippen LogP contribution < -0.4 is 10.1 Å². The van der Waals surface area contributed by atoms with E-state index in [0.717, 1.165) is 25.3 Å². The molecule has 1 rings (SSSR count). The highest BCUT2D eigenvalue weighted by Crippen LogP contribution is 2.13. The zero-order chi connectivity index (χ0) is 13.4. The first-order valence-corrected chi connectivity index (χ1v) is 6.67. The highest BCUT2D eigenvalue weighted by atomic mass is 16.5. The molecule has 0 heterocycles. The van der Waals surface area contributed by atoms with E-state index in [1.165, 1.54) is 5.56 Å². The summed E-state index contributed by atoms with van der Waals surface area (Å²) in [5.74, 6) is 1.60. The normalized spacial score (nSPS) is 12.7. The Balaban J connectivity index is 2.33. The number of hydrogen-bond donors (Lipinski definition) is 2. The van der Waals surface area contributed by atoms with Crippen LogP contribution in [-0.4, -0.2) is 24.4 Å². The fourth-order valence-corrected chi connectivity index (χ4v) is 1.47. The Hall–Kier alpha value is -1.06. The predicted octanol–water partition coefficient (Wildman–Crippen LogP) is 2.58. The number of rotatable bonds is 8. The van der Waals surface area contributed by atoms with Crippen molar-refractivity contribution in [2.45, 2.75) is 39.8 Å². The van der Waals surface area contributed by atoms with Crippen LogP contribution in [0.1, 0.15) is 32.8 Å². The molecule has 0 amide bonds. The SMILES string of the molecule is CC(C)CCOc1ccc(CNC(C)CO)cc1. The first kappa shape index (κ1) is 15.0. The van der Waals surface area contributed by atoms with E-state index in [1.807, 2.05) is 19.1 Å². The molecule has 0 aliphatic rings. The van der Waals surface area contributed by atoms with Crippen LogP contribution in [0.25, 0.3) is 0 Å². The highest BCUT2D eigenvalue weighted by molar-refractivity contribution is 5.27. The molecule has 0 fully saturated rings. The molecule has 1 unspecified atom stereocenters. The van der Waals surface area contributed by atoms with Gasteiger partial charge in [-0.2, -0.15) is 0 Å². The van der Waals surface area contributed by atoms with E-state index in [-0.39, 0.29) is 12.6 Å². The fourth-order valence-electron chi connectivity index (χ4n) is 1.47. The van der Waals surface area contributed by atoms with Gasteiger partial charge < -0.3 is 15.2 Å². The second kappa shape index (κ2) is 8.11. The van der Waals surface area contributed by atoms with Gasteiger partial charge in [-0.3, -0.25) is 0 Å². The van der Waals surface area contributed by atoms with Crippen LogP contribution in [-0.2, 0) is 6.54 Å². The number of aliphatic hydroxyl groups excluding tert-OH is 1. The van der Waals surface area contributed by atoms with Gasteiger partial charge in [-0.25, -0.2) is 0 Å². The molecule has 2 N–H and O–H groups in total. The third-order valence-corrected chi connectivity index (χ3v) is 2.82. The number of nitrogens with one attached hydrogen (secondary N) is 1. The summed E-state index contributed by atoms with van der Waals surface area (Å²) >= 11 is 0. The third kappa shape index (κ3) is 6.03. The van der Waals surface area contributed by atoms with Crippen LogP contribution in [0.5, 0.6) is 5.75 Å². The minimum atomic E-state index is 0.131. The first-order valence-electron chi connectivity index (χ1n) is 6.67. The molecule has 102 valence electrons. The van der Waals surface area contributed by atoms with E-state index in [1.54, 1.807) is 0 Å². The summed E-state index contributed by atoms with van der Waals surface area (Å²) in [6.07, 6.45) is 1.08. The van der Waals surface area contributed by atoms with Crippen LogP contribution in [0, 0.1) is 5.92 Å². The van der Waals surface area contributed by atoms with E-state index >= 15 is 0 Å². The van der Waals surface area contributed by atoms with Gasteiger partial charge in [-0.05, 0) is 37.0 Å². The lowest BCUT2D eigenvalue weighted by atomic mass is 10.1. The lowest BCUT2D eigenvalue weighted by Gasteiger charge is -2.11. The van der Waals surface area contributed by atoms with Crippen molar-refractivity contribution in [1.82, 2.24) is 5.32 Å². The summed E-state index contributed by atoms with van der Waals surface area (Å²) in [6.45, 7) is 8.06. The molecule has 0 spiro atoms. The van der Waals surface area contributed by atoms with Gasteiger partial charge >= 0.3 is 0 Å². The Kier molecular flexibility index (Phi) is 6.76. The summed E-state index contributed by atoms with van der Waals surface area (Å²) in [6, 6.07) is 8.25. The monoisotopic (exact) mass is 251 g/mol. The third-order valence-electron chi connectivity index (χ3n) is 2.82. The average Bonchev–Trinajstić information content (AvgIpc) is 2.37. The summed E-state index contributed by atoms with van der Waals surface area (Å²) in [4.78, 5) is 0. The molecule has 0 aliphatic heterocycles. The van der Waals surface area contributed by atoms with Crippen LogP contribution in [0.15, 0.2) is 24.3 Å². The molecule has 0 aliphatic carbocycles. The Labute approximate surface area is 110 Å². The lowest BCUT2D eigenvalue weighted by Crippen LogP contribution is -2.28. The molecule has 0 saturated carbocycles. The Morgan fingerprint density at radius 3 is 2.39 bits per heavy atom. The molecular formula is C15H25NO2. The van der Waals surface area contributed by atoms with Crippen LogP contribution >= 0.6 is 0 Å². The van der Waals surface area contributed by atoms with E-state index in [4.69, 9.17) is 9.84 Å². The number of hydrogen-bond acceptors (Lipinski definition) is 3. The van der Waals surface area contributed by atoms with Crippen molar-refractivity contribution in [2.24, 2.45) is 5.92 Å². The first-order chi connectivity index (χ1) is 8.61. The largest absolute Gasteiger partial charge is 0.494 e. The van der Waals surface area contributed by atoms with E-state index in [9.17, 15) is 0 Å². The minimum absolute atomic E-state index is 0.131. The van der Waals surface area contributed by atoms with Gasteiger partial charge in [0, 0.05) is 12.6 Å². The second-order valence-corrected chi connectivity index (χ2v) is 5.14. The van der Waals surface area contributed by atoms with E-state index in [2.05, 4.69) is 31.3 Å². The fraction of sp³-hybridized carbons (Fsp3) is 0.600. The van der Waals surface area contributed by atoms with Gasteiger partial charge in [0.25, 0.3) is 0 Å². The van der Waals surface area contributed by atoms with Gasteiger partial charge in [0.1, 0.15) is 5.75 Å². The maximum atomic E-state index is 8.92. The molecule has 0 saturated heterocycles. The summed E-state index contributed by atoms with van der Waals surface area (Å²) in [7, 11) is 0. The summed E-state index contributed by atoms with van der Waals surface area (Å²) in [5, 5.41) is 12.2. The molecule has 0 aromatic heterocycles. The van der Waals surface area contributed by atoms with Crippen molar-refractivity contribution in [1.29, 1.82) is 0 Å². The quantitative estimate of drug-likeness (QED) is 0.746. The summed E-state index contributed by atoms with van der Waals surface area (Å²) in [5.41, 5.74) is 1.20. The van der Waals surface area contributed by atoms with Gasteiger partial charge in [-0.1, -0.05) is 26.0 Å². The van der Waals surface area contributed by atoms with Crippen molar-refractivity contribution >= 4 is 0 Å². The molecule has 1 atom stereocenters. The van der Waals surface area contributed by atoms with Crippen LogP contribution in [0.2, 0.25) is 0 Å². The zero-order valence-electron chi connectivity index (χ0n) is 11.6. The van der Waals surface area contributed by atoms with E-state index < -0.39 is 0 Å². The molecule has 1 aromatic rings. The van der Waals surface area contributed by atoms with Crippen LogP contribution in [0.4, 0.5) is 0 Å². The van der Waals surface area contributed by atoms with Gasteiger partial charge in [0.05, 0.1) is 13.2 Å². The molecular weight excluding hydrogens is 226 g/mol. The topological polar surface area (TPSA) is 41.5 Å². The predicted molar refractivity (Wildman–Crippen MR) is 74.8 cm³/mol. The molecule has 1 aromatic carbocycles. The maximum absolute atomic E-state index is 8.92. The highest BCUT2D eigenvalue weighted by Gasteiger charge is 2.00. The Bertz CT molecular complexity index is 322. The van der Waals surface area contributed by atoms with Gasteiger partial charge in [-0.15, -0.1) is 0 Å². The van der Waals surface area contributed by atoms with Crippen molar-refractivity contribution in [3.05, 3.63) is 29.8 Å². The summed E-state index contributed by atoms with van der Waals surface area (Å²) < 4.78 is 5.66. The second-order valence-electron chi connectivity index (χ2n) is 5.14. The molecule has 0 radical (unpaired) electrons. The smallest absolute Gasteiger partial charge is 0.119 e. The maximum Gasteiger partial charge on any atom is 0.119 e. The minimum Gasteiger partial charge on any atom is -0.494 e. The molecule has 18 heavy (non-hydrogen) atoms. The van der Waals surface area contributed by atoms with E-state index in [0.29, 0.717) is 5.92 Å². The molecule has 3 heteroatoms. The zero-order valence-corrected chi connectivity index (χ0v) is 11.6. The standard InChI is InChI=1S/C15H25NO2/c1-12(2)8-9-18-15-6-4-14(5-7-15)10-16-13(3)11-17/h4-7,12-13,16-17H,8-11H2,1-3H3. The lowest BCUT2D eigenvalue weighted by molar-refractivity contribution is 0.251. The van der Waals surface area contributed by atoms with Crippen molar-refractivity contribution < 1.29 is 9.84 Å². The Morgan fingerprint density at radius 2 is 1.83 bits per heavy atom. The Morgan fingerprint density at radius 1 is 1.17 bits per heavy atom. The van der Waals surface area contributed by atoms with Crippen molar-refractivity contribution in [3.8, 4) is 5.75 Å². The van der Waals surface area contributed by atoms with Crippen molar-refractivity contribution in [3.63, 3.8) is 0 Å². The van der Waals surface area contributed by atoms with Gasteiger partial charge in [0.15, 0.2) is 0 Å².